The number of benzene rings is 1. The molecular formula is C24H28N2O4S. The number of ketones is 1. The summed E-state index contributed by atoms with van der Waals surface area (Å²) in [5.41, 5.74) is 0.910. The van der Waals surface area contributed by atoms with Crippen LogP contribution in [0.1, 0.15) is 48.0 Å². The summed E-state index contributed by atoms with van der Waals surface area (Å²) in [6.45, 7) is 7.11. The number of carbonyl (C=O) groups is 2. The summed E-state index contributed by atoms with van der Waals surface area (Å²) in [7, 11) is 0. The molecule has 31 heavy (non-hydrogen) atoms. The van der Waals surface area contributed by atoms with E-state index in [1.54, 1.807) is 17.0 Å². The van der Waals surface area contributed by atoms with Gasteiger partial charge in [-0.2, -0.15) is 0 Å². The molecule has 4 rings (SSSR count). The Kier molecular flexibility index (Phi) is 6.43. The second-order valence-electron chi connectivity index (χ2n) is 8.26. The van der Waals surface area contributed by atoms with Gasteiger partial charge in [-0.25, -0.2) is 0 Å². The molecule has 1 atom stereocenters. The van der Waals surface area contributed by atoms with Crippen molar-refractivity contribution in [3.8, 4) is 5.75 Å². The minimum Gasteiger partial charge on any atom is -0.503 e. The Bertz CT molecular complexity index is 977. The monoisotopic (exact) mass is 440 g/mol. The average molecular weight is 441 g/mol. The lowest BCUT2D eigenvalue weighted by Gasteiger charge is -2.29. The molecule has 2 aliphatic rings. The zero-order chi connectivity index (χ0) is 22.0. The SMILES string of the molecule is CC(C)Oc1cccc(C2C(C(=O)c3cccs3)=C(O)C(=O)N2CCN2CCCC2)c1. The lowest BCUT2D eigenvalue weighted by atomic mass is 9.95. The van der Waals surface area contributed by atoms with E-state index >= 15 is 0 Å². The molecule has 2 aromatic rings. The van der Waals surface area contributed by atoms with Gasteiger partial charge in [0, 0.05) is 13.1 Å². The number of Topliss-reactive ketones (excluding diaryl/α,β-unsaturated/α-hetero) is 1. The Hall–Kier alpha value is -2.64. The predicted octanol–water partition coefficient (Wildman–Crippen LogP) is 4.21. The van der Waals surface area contributed by atoms with Gasteiger partial charge in [-0.05, 0) is 68.9 Å². The standard InChI is InChI=1S/C24H28N2O4S/c1-16(2)30-18-8-5-7-17(15-18)21-20(22(27)19-9-6-14-31-19)23(28)24(29)26(21)13-12-25-10-3-4-11-25/h5-9,14-16,21,28H,3-4,10-13H2,1-2H3. The smallest absolute Gasteiger partial charge is 0.290 e. The number of rotatable bonds is 8. The van der Waals surface area contributed by atoms with Gasteiger partial charge in [-0.3, -0.25) is 9.59 Å². The molecule has 1 amide bonds. The zero-order valence-corrected chi connectivity index (χ0v) is 18.7. The maximum atomic E-state index is 13.3. The van der Waals surface area contributed by atoms with Gasteiger partial charge >= 0.3 is 0 Å². The fraction of sp³-hybridized carbons (Fsp3) is 0.417. The lowest BCUT2D eigenvalue weighted by molar-refractivity contribution is -0.129. The summed E-state index contributed by atoms with van der Waals surface area (Å²) in [5, 5.41) is 12.6. The first kappa shape index (κ1) is 21.6. The molecule has 164 valence electrons. The van der Waals surface area contributed by atoms with Crippen LogP contribution in [-0.2, 0) is 4.79 Å². The molecule has 6 nitrogen and oxygen atoms in total. The molecule has 7 heteroatoms. The number of aliphatic hydroxyl groups excluding tert-OH is 1. The lowest BCUT2D eigenvalue weighted by Crippen LogP contribution is -2.37. The number of aliphatic hydroxyl groups is 1. The molecule has 2 aliphatic heterocycles. The van der Waals surface area contributed by atoms with E-state index in [9.17, 15) is 14.7 Å². The number of thiophene rings is 1. The quantitative estimate of drug-likeness (QED) is 0.623. The van der Waals surface area contributed by atoms with E-state index in [2.05, 4.69) is 4.90 Å². The van der Waals surface area contributed by atoms with Crippen molar-refractivity contribution in [2.75, 3.05) is 26.2 Å². The average Bonchev–Trinajstić information content (AvgIpc) is 3.49. The van der Waals surface area contributed by atoms with E-state index in [0.29, 0.717) is 17.2 Å². The van der Waals surface area contributed by atoms with E-state index in [4.69, 9.17) is 4.74 Å². The van der Waals surface area contributed by atoms with Crippen LogP contribution in [0.3, 0.4) is 0 Å². The third-order valence-electron chi connectivity index (χ3n) is 5.69. The van der Waals surface area contributed by atoms with Gasteiger partial charge < -0.3 is 19.6 Å². The second kappa shape index (κ2) is 9.24. The van der Waals surface area contributed by atoms with Crippen molar-refractivity contribution < 1.29 is 19.4 Å². The van der Waals surface area contributed by atoms with Gasteiger partial charge in [-0.15, -0.1) is 11.3 Å². The molecule has 0 radical (unpaired) electrons. The highest BCUT2D eigenvalue weighted by molar-refractivity contribution is 7.12. The van der Waals surface area contributed by atoms with Crippen molar-refractivity contribution in [1.82, 2.24) is 9.80 Å². The van der Waals surface area contributed by atoms with Crippen molar-refractivity contribution in [2.24, 2.45) is 0 Å². The van der Waals surface area contributed by atoms with Crippen molar-refractivity contribution in [2.45, 2.75) is 38.8 Å². The molecule has 0 spiro atoms. The van der Waals surface area contributed by atoms with E-state index < -0.39 is 17.7 Å². The third-order valence-corrected chi connectivity index (χ3v) is 6.56. The van der Waals surface area contributed by atoms with E-state index in [0.717, 1.165) is 38.0 Å². The van der Waals surface area contributed by atoms with Crippen molar-refractivity contribution >= 4 is 23.0 Å². The molecule has 1 aromatic carbocycles. The summed E-state index contributed by atoms with van der Waals surface area (Å²) in [4.78, 5) is 30.8. The molecule has 0 saturated carbocycles. The van der Waals surface area contributed by atoms with Crippen LogP contribution in [-0.4, -0.2) is 58.9 Å². The minimum atomic E-state index is -0.639. The first-order chi connectivity index (χ1) is 15.0. The van der Waals surface area contributed by atoms with Crippen molar-refractivity contribution in [3.05, 3.63) is 63.6 Å². The summed E-state index contributed by atoms with van der Waals surface area (Å²) in [6, 6.07) is 10.3. The van der Waals surface area contributed by atoms with Crippen LogP contribution < -0.4 is 4.74 Å². The third kappa shape index (κ3) is 4.52. The normalized spacial score (nSPS) is 19.6. The van der Waals surface area contributed by atoms with Gasteiger partial charge in [0.05, 0.1) is 22.6 Å². The highest BCUT2D eigenvalue weighted by Crippen LogP contribution is 2.40. The Morgan fingerprint density at radius 1 is 1.19 bits per heavy atom. The van der Waals surface area contributed by atoms with Gasteiger partial charge in [0.2, 0.25) is 5.78 Å². The summed E-state index contributed by atoms with van der Waals surface area (Å²) in [6.07, 6.45) is 2.33. The Morgan fingerprint density at radius 2 is 1.97 bits per heavy atom. The fourth-order valence-corrected chi connectivity index (χ4v) is 4.97. The molecule has 1 unspecified atom stereocenters. The molecule has 1 fully saturated rings. The summed E-state index contributed by atoms with van der Waals surface area (Å²) >= 11 is 1.31. The number of hydrogen-bond donors (Lipinski definition) is 1. The van der Waals surface area contributed by atoms with Crippen LogP contribution in [0, 0.1) is 0 Å². The maximum Gasteiger partial charge on any atom is 0.290 e. The van der Waals surface area contributed by atoms with Crippen molar-refractivity contribution in [3.63, 3.8) is 0 Å². The molecule has 1 aromatic heterocycles. The highest BCUT2D eigenvalue weighted by Gasteiger charge is 2.44. The van der Waals surface area contributed by atoms with Gasteiger partial charge in [0.1, 0.15) is 5.75 Å². The first-order valence-corrected chi connectivity index (χ1v) is 11.6. The highest BCUT2D eigenvalue weighted by atomic mass is 32.1. The van der Waals surface area contributed by atoms with E-state index in [1.165, 1.54) is 11.3 Å². The Morgan fingerprint density at radius 3 is 2.65 bits per heavy atom. The topological polar surface area (TPSA) is 70.1 Å². The molecule has 1 N–H and O–H groups in total. The van der Waals surface area contributed by atoms with Crippen LogP contribution in [0.5, 0.6) is 5.75 Å². The van der Waals surface area contributed by atoms with Crippen LogP contribution in [0.4, 0.5) is 0 Å². The van der Waals surface area contributed by atoms with Crippen LogP contribution >= 0.6 is 11.3 Å². The number of likely N-dealkylation sites (tertiary alicyclic amines) is 1. The predicted molar refractivity (Wildman–Crippen MR) is 121 cm³/mol. The van der Waals surface area contributed by atoms with Gasteiger partial charge in [0.25, 0.3) is 5.91 Å². The second-order valence-corrected chi connectivity index (χ2v) is 9.21. The molecule has 1 saturated heterocycles. The summed E-state index contributed by atoms with van der Waals surface area (Å²) in [5.74, 6) is -0.558. The van der Waals surface area contributed by atoms with Crippen LogP contribution in [0.25, 0.3) is 0 Å². The van der Waals surface area contributed by atoms with Crippen LogP contribution in [0.15, 0.2) is 53.1 Å². The number of nitrogens with zero attached hydrogens (tertiary/aromatic N) is 2. The molecule has 0 aliphatic carbocycles. The molecular weight excluding hydrogens is 412 g/mol. The fourth-order valence-electron chi connectivity index (χ4n) is 4.29. The largest absolute Gasteiger partial charge is 0.503 e. The molecule has 0 bridgehead atoms. The van der Waals surface area contributed by atoms with Gasteiger partial charge in [0.15, 0.2) is 5.76 Å². The molecule has 3 heterocycles. The zero-order valence-electron chi connectivity index (χ0n) is 17.9. The Balaban J connectivity index is 1.70. The van der Waals surface area contributed by atoms with Crippen LogP contribution in [0.2, 0.25) is 0 Å². The minimum absolute atomic E-state index is 0.00268. The number of hydrogen-bond acceptors (Lipinski definition) is 6. The number of carbonyl (C=O) groups excluding carboxylic acids is 2. The maximum absolute atomic E-state index is 13.3. The summed E-state index contributed by atoms with van der Waals surface area (Å²) < 4.78 is 5.84. The van der Waals surface area contributed by atoms with Crippen molar-refractivity contribution in [1.29, 1.82) is 0 Å². The van der Waals surface area contributed by atoms with E-state index in [-0.39, 0.29) is 17.5 Å². The number of amides is 1. The van der Waals surface area contributed by atoms with E-state index in [1.807, 2.05) is 43.5 Å². The van der Waals surface area contributed by atoms with Gasteiger partial charge in [-0.1, -0.05) is 18.2 Å². The Labute approximate surface area is 186 Å². The number of ether oxygens (including phenoxy) is 1. The first-order valence-electron chi connectivity index (χ1n) is 10.8.